The highest BCUT2D eigenvalue weighted by molar-refractivity contribution is 7.79. The van der Waals surface area contributed by atoms with Crippen molar-refractivity contribution < 1.29 is 0 Å². The molecule has 0 aliphatic heterocycles. The molecule has 2 aromatic heterocycles. The largest absolute Gasteiger partial charge is 0.292 e. The molecule has 0 saturated heterocycles. The zero-order valence-electron chi connectivity index (χ0n) is 23.9. The summed E-state index contributed by atoms with van der Waals surface area (Å²) in [4.78, 5) is 5.17. The summed E-state index contributed by atoms with van der Waals surface area (Å²) in [5.41, 5.74) is 6.74. The number of pyridine rings is 1. The van der Waals surface area contributed by atoms with E-state index in [1.807, 2.05) is 0 Å². The highest BCUT2D eigenvalue weighted by Gasteiger charge is 2.19. The molecule has 2 nitrogen and oxygen atoms in total. The number of hydrogen-bond acceptors (Lipinski definition) is 1. The van der Waals surface area contributed by atoms with Crippen molar-refractivity contribution in [3.05, 3.63) is 164 Å². The quantitative estimate of drug-likeness (QED) is 0.150. The van der Waals surface area contributed by atoms with Gasteiger partial charge in [-0.05, 0) is 76.1 Å². The van der Waals surface area contributed by atoms with Crippen LogP contribution in [0.4, 0.5) is 0 Å². The first-order valence-corrected chi connectivity index (χ1v) is 16.3. The first-order chi connectivity index (χ1) is 21.8. The van der Waals surface area contributed by atoms with Crippen LogP contribution in [-0.4, -0.2) is 9.38 Å². The SMILES string of the molecule is c1ccc(P(c2ccccc2)c2cccc(-c3ccc4c5c6ccccc6ccc5c5nc6ccccc6n5c4c3)c2)cc1. The number of rotatable bonds is 4. The zero-order valence-corrected chi connectivity index (χ0v) is 24.8. The topological polar surface area (TPSA) is 17.3 Å². The second-order valence-corrected chi connectivity index (χ2v) is 13.5. The number of hydrogen-bond donors (Lipinski definition) is 0. The van der Waals surface area contributed by atoms with Crippen LogP contribution in [-0.2, 0) is 0 Å². The third-order valence-electron chi connectivity index (χ3n) is 8.71. The van der Waals surface area contributed by atoms with Crippen molar-refractivity contribution in [1.82, 2.24) is 9.38 Å². The first-order valence-electron chi connectivity index (χ1n) is 15.0. The highest BCUT2D eigenvalue weighted by Crippen LogP contribution is 2.39. The van der Waals surface area contributed by atoms with Gasteiger partial charge in [0, 0.05) is 16.2 Å². The third-order valence-corrected chi connectivity index (χ3v) is 11.1. The molecular formula is C41H27N2P. The van der Waals surface area contributed by atoms with Crippen LogP contribution in [0.5, 0.6) is 0 Å². The summed E-state index contributed by atoms with van der Waals surface area (Å²) >= 11 is 0. The van der Waals surface area contributed by atoms with Gasteiger partial charge in [0.2, 0.25) is 0 Å². The van der Waals surface area contributed by atoms with Crippen LogP contribution in [0.15, 0.2) is 164 Å². The Morgan fingerprint density at radius 3 is 1.91 bits per heavy atom. The van der Waals surface area contributed by atoms with Gasteiger partial charge >= 0.3 is 0 Å². The molecule has 0 bridgehead atoms. The molecule has 0 fully saturated rings. The minimum atomic E-state index is -0.690. The van der Waals surface area contributed by atoms with Gasteiger partial charge in [0.1, 0.15) is 5.65 Å². The van der Waals surface area contributed by atoms with E-state index in [0.29, 0.717) is 0 Å². The molecule has 0 atom stereocenters. The van der Waals surface area contributed by atoms with Crippen LogP contribution in [0.25, 0.3) is 60.3 Å². The molecule has 0 spiro atoms. The van der Waals surface area contributed by atoms with E-state index < -0.39 is 7.92 Å². The average Bonchev–Trinajstić information content (AvgIpc) is 3.49. The molecule has 7 aromatic carbocycles. The van der Waals surface area contributed by atoms with Crippen LogP contribution in [0.2, 0.25) is 0 Å². The van der Waals surface area contributed by atoms with Gasteiger partial charge in [0.15, 0.2) is 0 Å². The summed E-state index contributed by atoms with van der Waals surface area (Å²) in [6.45, 7) is 0. The minimum absolute atomic E-state index is 0.690. The molecule has 9 aromatic rings. The zero-order chi connectivity index (χ0) is 29.0. The van der Waals surface area contributed by atoms with Crippen LogP contribution in [0.3, 0.4) is 0 Å². The van der Waals surface area contributed by atoms with Crippen molar-refractivity contribution in [2.45, 2.75) is 0 Å². The van der Waals surface area contributed by atoms with E-state index >= 15 is 0 Å². The molecule has 0 saturated carbocycles. The fourth-order valence-corrected chi connectivity index (χ4v) is 9.07. The van der Waals surface area contributed by atoms with Crippen molar-refractivity contribution in [2.75, 3.05) is 0 Å². The van der Waals surface area contributed by atoms with Gasteiger partial charge in [-0.2, -0.15) is 0 Å². The number of para-hydroxylation sites is 2. The fraction of sp³-hybridized carbons (Fsp3) is 0. The van der Waals surface area contributed by atoms with E-state index in [-0.39, 0.29) is 0 Å². The lowest BCUT2D eigenvalue weighted by Gasteiger charge is -2.20. The summed E-state index contributed by atoms with van der Waals surface area (Å²) in [6.07, 6.45) is 0. The third kappa shape index (κ3) is 3.96. The second-order valence-electron chi connectivity index (χ2n) is 11.3. The summed E-state index contributed by atoms with van der Waals surface area (Å²) in [6, 6.07) is 59.6. The van der Waals surface area contributed by atoms with Gasteiger partial charge in [-0.15, -0.1) is 0 Å². The van der Waals surface area contributed by atoms with Crippen LogP contribution in [0, 0.1) is 0 Å². The van der Waals surface area contributed by atoms with E-state index in [9.17, 15) is 0 Å². The summed E-state index contributed by atoms with van der Waals surface area (Å²) in [5, 5.41) is 10.2. The van der Waals surface area contributed by atoms with Crippen molar-refractivity contribution in [3.63, 3.8) is 0 Å². The van der Waals surface area contributed by atoms with Crippen molar-refractivity contribution >= 4 is 73.0 Å². The smallest absolute Gasteiger partial charge is 0.146 e. The number of imidazole rings is 1. The lowest BCUT2D eigenvalue weighted by atomic mass is 9.96. The maximum absolute atomic E-state index is 5.17. The van der Waals surface area contributed by atoms with Crippen molar-refractivity contribution in [2.24, 2.45) is 0 Å². The van der Waals surface area contributed by atoms with Gasteiger partial charge in [0.25, 0.3) is 0 Å². The molecule has 44 heavy (non-hydrogen) atoms. The molecule has 9 rings (SSSR count). The van der Waals surface area contributed by atoms with Crippen molar-refractivity contribution in [3.8, 4) is 11.1 Å². The predicted molar refractivity (Wildman–Crippen MR) is 189 cm³/mol. The van der Waals surface area contributed by atoms with Gasteiger partial charge in [-0.1, -0.05) is 133 Å². The lowest BCUT2D eigenvalue weighted by molar-refractivity contribution is 1.32. The Morgan fingerprint density at radius 2 is 1.09 bits per heavy atom. The Bertz CT molecular complexity index is 2460. The van der Waals surface area contributed by atoms with Gasteiger partial charge in [-0.25, -0.2) is 4.98 Å². The van der Waals surface area contributed by atoms with Crippen LogP contribution in [0.1, 0.15) is 0 Å². The lowest BCUT2D eigenvalue weighted by Crippen LogP contribution is -2.20. The maximum atomic E-state index is 5.17. The van der Waals surface area contributed by atoms with E-state index in [2.05, 4.69) is 168 Å². The van der Waals surface area contributed by atoms with E-state index in [1.54, 1.807) is 0 Å². The molecule has 206 valence electrons. The summed E-state index contributed by atoms with van der Waals surface area (Å²) < 4.78 is 2.36. The Kier molecular flexibility index (Phi) is 5.82. The molecular weight excluding hydrogens is 551 g/mol. The molecule has 0 aliphatic carbocycles. The molecule has 0 amide bonds. The number of benzene rings is 7. The Morgan fingerprint density at radius 1 is 0.432 bits per heavy atom. The van der Waals surface area contributed by atoms with Crippen LogP contribution >= 0.6 is 7.92 Å². The molecule has 0 radical (unpaired) electrons. The van der Waals surface area contributed by atoms with Gasteiger partial charge in [-0.3, -0.25) is 4.40 Å². The van der Waals surface area contributed by atoms with Gasteiger partial charge in [0.05, 0.1) is 16.6 Å². The van der Waals surface area contributed by atoms with Crippen molar-refractivity contribution in [1.29, 1.82) is 0 Å². The summed E-state index contributed by atoms with van der Waals surface area (Å²) in [5.74, 6) is 0. The normalized spacial score (nSPS) is 11.8. The Hall–Kier alpha value is -5.30. The minimum Gasteiger partial charge on any atom is -0.292 e. The van der Waals surface area contributed by atoms with E-state index in [0.717, 1.165) is 16.7 Å². The average molecular weight is 579 g/mol. The number of fused-ring (bicyclic) bond motifs is 10. The standard InChI is InChI=1S/C41H27N2P/c1-3-14-31(15-4-1)44(32-16-5-2-6-17-32)33-18-11-13-29(26-33)30-23-24-35-39(27-30)43-38-21-10-9-20-37(38)42-41(43)36-25-22-28-12-7-8-19-34(28)40(35)36/h1-27H. The fourth-order valence-electron chi connectivity index (χ4n) is 6.73. The molecule has 0 aliphatic rings. The second kappa shape index (κ2) is 10.2. The molecule has 2 heterocycles. The number of nitrogens with zero attached hydrogens (tertiary/aromatic N) is 2. The van der Waals surface area contributed by atoms with E-state index in [4.69, 9.17) is 4.98 Å². The molecule has 0 unspecified atom stereocenters. The summed E-state index contributed by atoms with van der Waals surface area (Å²) in [7, 11) is -0.690. The Labute approximate surface area is 256 Å². The van der Waals surface area contributed by atoms with Crippen LogP contribution < -0.4 is 15.9 Å². The number of aromatic nitrogens is 2. The predicted octanol–water partition coefficient (Wildman–Crippen LogP) is 9.37. The monoisotopic (exact) mass is 578 g/mol. The maximum Gasteiger partial charge on any atom is 0.146 e. The molecule has 0 N–H and O–H groups in total. The van der Waals surface area contributed by atoms with Gasteiger partial charge < -0.3 is 0 Å². The molecule has 3 heteroatoms. The highest BCUT2D eigenvalue weighted by atomic mass is 31.1. The Balaban J connectivity index is 1.31. The first kappa shape index (κ1) is 25.2. The van der Waals surface area contributed by atoms with E-state index in [1.165, 1.54) is 59.5 Å².